The van der Waals surface area contributed by atoms with Gasteiger partial charge in [0.15, 0.2) is 10.3 Å². The Hall–Kier alpha value is -4.15. The van der Waals surface area contributed by atoms with Gasteiger partial charge in [0.25, 0.3) is 10.0 Å². The molecule has 0 radical (unpaired) electrons. The molecule has 0 unspecified atom stereocenters. The molecule has 0 aliphatic rings. The van der Waals surface area contributed by atoms with Gasteiger partial charge < -0.3 is 15.5 Å². The zero-order valence-electron chi connectivity index (χ0n) is 21.5. The van der Waals surface area contributed by atoms with Crippen molar-refractivity contribution < 1.29 is 59.4 Å². The van der Waals surface area contributed by atoms with Gasteiger partial charge in [0.1, 0.15) is 15.9 Å². The van der Waals surface area contributed by atoms with Crippen LogP contribution >= 0.6 is 34.7 Å². The van der Waals surface area contributed by atoms with Crippen LogP contribution in [0, 0.1) is 6.92 Å². The minimum absolute atomic E-state index is 0.00265. The third kappa shape index (κ3) is 9.96. The minimum atomic E-state index is -5.08. The summed E-state index contributed by atoms with van der Waals surface area (Å²) in [6.07, 6.45) is -8.65. The number of pyridine rings is 1. The number of hydrogen-bond acceptors (Lipinski definition) is 11. The maximum atomic E-state index is 13.0. The molecule has 0 atom stereocenters. The SMILES string of the molecule is CC(=O)Nc1nc(C)c(-c2cnc(Cl)c(NS(=O)(=O)c3cccc4nsnc34)c2)s1.O=C(O)C(F)(F)F.O=C(O)C(F)(F)F. The van der Waals surface area contributed by atoms with E-state index in [1.54, 1.807) is 25.1 Å². The van der Waals surface area contributed by atoms with E-state index in [1.807, 2.05) is 0 Å². The number of benzene rings is 1. The maximum absolute atomic E-state index is 13.0. The number of amides is 1. The van der Waals surface area contributed by atoms with Crippen molar-refractivity contribution in [2.75, 3.05) is 10.0 Å². The van der Waals surface area contributed by atoms with Crippen molar-refractivity contribution in [2.24, 2.45) is 0 Å². The normalized spacial score (nSPS) is 11.5. The summed E-state index contributed by atoms with van der Waals surface area (Å²) in [6.45, 7) is 3.18. The Bertz CT molecular complexity index is 1770. The molecule has 1 aromatic carbocycles. The maximum Gasteiger partial charge on any atom is 0.490 e. The number of carbonyl (C=O) groups excluding carboxylic acids is 1. The van der Waals surface area contributed by atoms with Crippen LogP contribution < -0.4 is 10.0 Å². The number of nitrogens with zero attached hydrogens (tertiary/aromatic N) is 4. The molecule has 238 valence electrons. The molecule has 44 heavy (non-hydrogen) atoms. The van der Waals surface area contributed by atoms with Crippen LogP contribution in [0.25, 0.3) is 21.5 Å². The number of hydrogen-bond donors (Lipinski definition) is 4. The van der Waals surface area contributed by atoms with Gasteiger partial charge in [0, 0.05) is 18.7 Å². The summed E-state index contributed by atoms with van der Waals surface area (Å²) in [6, 6.07) is 6.31. The van der Waals surface area contributed by atoms with Crippen LogP contribution in [0.4, 0.5) is 37.2 Å². The Kier molecular flexibility index (Phi) is 11.5. The predicted molar refractivity (Wildman–Crippen MR) is 145 cm³/mol. The van der Waals surface area contributed by atoms with Crippen molar-refractivity contribution in [3.05, 3.63) is 41.3 Å². The van der Waals surface area contributed by atoms with Gasteiger partial charge >= 0.3 is 24.3 Å². The van der Waals surface area contributed by atoms with Gasteiger partial charge in [0.2, 0.25) is 5.91 Å². The number of thiazole rings is 1. The molecule has 13 nitrogen and oxygen atoms in total. The van der Waals surface area contributed by atoms with E-state index in [2.05, 4.69) is 28.8 Å². The van der Waals surface area contributed by atoms with Gasteiger partial charge in [-0.25, -0.2) is 28.0 Å². The number of rotatable bonds is 5. The monoisotopic (exact) mass is 708 g/mol. The van der Waals surface area contributed by atoms with Gasteiger partial charge in [-0.3, -0.25) is 9.52 Å². The molecule has 4 N–H and O–H groups in total. The van der Waals surface area contributed by atoms with Crippen LogP contribution in [0.1, 0.15) is 12.6 Å². The number of sulfonamides is 1. The number of aryl methyl sites for hydroxylation is 1. The standard InChI is InChI=1S/C17H13ClN6O3S3.2C2HF3O2/c1-8-15(28-17(20-8)21-9(2)25)10-6-12(16(18)19-7-10)24-30(26,27)13-5-3-4-11-14(13)23-29-22-11;2*3-2(4,5)1(6)7/h3-7,24H,1-2H3,(H,20,21,25);2*(H,6,7). The van der Waals surface area contributed by atoms with Crippen molar-refractivity contribution in [3.63, 3.8) is 0 Å². The fourth-order valence-corrected chi connectivity index (χ4v) is 5.74. The van der Waals surface area contributed by atoms with Crippen molar-refractivity contribution in [1.29, 1.82) is 0 Å². The van der Waals surface area contributed by atoms with Crippen LogP contribution in [0.15, 0.2) is 35.4 Å². The predicted octanol–water partition coefficient (Wildman–Crippen LogP) is 5.20. The molecule has 3 heterocycles. The van der Waals surface area contributed by atoms with E-state index in [-0.39, 0.29) is 27.2 Å². The van der Waals surface area contributed by atoms with Crippen molar-refractivity contribution in [3.8, 4) is 10.4 Å². The van der Waals surface area contributed by atoms with Gasteiger partial charge in [-0.05, 0) is 25.1 Å². The third-order valence-corrected chi connectivity index (χ3v) is 7.81. The van der Waals surface area contributed by atoms with Gasteiger partial charge in [-0.15, -0.1) is 0 Å². The number of alkyl halides is 6. The van der Waals surface area contributed by atoms with Crippen LogP contribution in [0.3, 0.4) is 0 Å². The second-order valence-electron chi connectivity index (χ2n) is 7.78. The highest BCUT2D eigenvalue weighted by molar-refractivity contribution is 7.93. The molecule has 0 aliphatic heterocycles. The Morgan fingerprint density at radius 3 is 2.09 bits per heavy atom. The average molecular weight is 709 g/mol. The highest BCUT2D eigenvalue weighted by Gasteiger charge is 2.38. The second-order valence-corrected chi connectivity index (χ2v) is 11.3. The summed E-state index contributed by atoms with van der Waals surface area (Å²) in [7, 11) is -3.99. The van der Waals surface area contributed by atoms with E-state index in [4.69, 9.17) is 31.4 Å². The topological polar surface area (TPSA) is 201 Å². The minimum Gasteiger partial charge on any atom is -0.475 e. The summed E-state index contributed by atoms with van der Waals surface area (Å²) in [5, 5.41) is 17.3. The quantitative estimate of drug-likeness (QED) is 0.157. The van der Waals surface area contributed by atoms with Crippen molar-refractivity contribution >= 4 is 84.4 Å². The molecular formula is C21H15ClF6N6O7S3. The fraction of sp³-hybridized carbons (Fsp3) is 0.190. The molecule has 1 amide bonds. The lowest BCUT2D eigenvalue weighted by atomic mass is 10.2. The first kappa shape index (κ1) is 36.0. The first-order valence-corrected chi connectivity index (χ1v) is 14.3. The van der Waals surface area contributed by atoms with Crippen LogP contribution in [0.2, 0.25) is 5.15 Å². The Balaban J connectivity index is 0.000000402. The first-order chi connectivity index (χ1) is 20.1. The van der Waals surface area contributed by atoms with Crippen molar-refractivity contribution in [2.45, 2.75) is 31.1 Å². The fourth-order valence-electron chi connectivity index (χ4n) is 2.71. The summed E-state index contributed by atoms with van der Waals surface area (Å²) < 4.78 is 100. The summed E-state index contributed by atoms with van der Waals surface area (Å²) in [5.41, 5.74) is 2.17. The Morgan fingerprint density at radius 2 is 1.57 bits per heavy atom. The molecule has 23 heteroatoms. The number of fused-ring (bicyclic) bond motifs is 1. The largest absolute Gasteiger partial charge is 0.490 e. The number of carboxylic acid groups (broad SMARTS) is 2. The molecule has 0 saturated heterocycles. The van der Waals surface area contributed by atoms with Gasteiger partial charge in [-0.2, -0.15) is 35.1 Å². The molecule has 0 saturated carbocycles. The third-order valence-electron chi connectivity index (χ3n) is 4.45. The smallest absolute Gasteiger partial charge is 0.475 e. The molecule has 0 fully saturated rings. The Labute approximate surface area is 254 Å². The lowest BCUT2D eigenvalue weighted by Crippen LogP contribution is -2.21. The van der Waals surface area contributed by atoms with Crippen molar-refractivity contribution in [1.82, 2.24) is 18.7 Å². The number of aromatic nitrogens is 4. The van der Waals surface area contributed by atoms with Gasteiger partial charge in [0.05, 0.1) is 28.0 Å². The van der Waals surface area contributed by atoms with E-state index < -0.39 is 34.3 Å². The van der Waals surface area contributed by atoms with E-state index in [0.29, 0.717) is 21.9 Å². The number of nitrogens with one attached hydrogen (secondary N) is 2. The summed E-state index contributed by atoms with van der Waals surface area (Å²) >= 11 is 8.34. The number of carboxylic acids is 2. The van der Waals surface area contributed by atoms with E-state index in [0.717, 1.165) is 16.6 Å². The highest BCUT2D eigenvalue weighted by atomic mass is 35.5. The zero-order valence-corrected chi connectivity index (χ0v) is 24.7. The van der Waals surface area contributed by atoms with E-state index in [1.165, 1.54) is 30.5 Å². The molecular weight excluding hydrogens is 694 g/mol. The van der Waals surface area contributed by atoms with Gasteiger partial charge in [-0.1, -0.05) is 29.0 Å². The first-order valence-electron chi connectivity index (χ1n) is 10.9. The number of carbonyl (C=O) groups is 3. The lowest BCUT2D eigenvalue weighted by Gasteiger charge is -2.11. The summed E-state index contributed by atoms with van der Waals surface area (Å²) in [4.78, 5) is 38.2. The van der Waals surface area contributed by atoms with E-state index >= 15 is 0 Å². The number of aliphatic carboxylic acids is 2. The molecule has 0 bridgehead atoms. The van der Waals surface area contributed by atoms with Crippen LogP contribution in [-0.4, -0.2) is 67.5 Å². The molecule has 4 rings (SSSR count). The van der Waals surface area contributed by atoms with Crippen LogP contribution in [0.5, 0.6) is 0 Å². The number of halogens is 7. The molecule has 4 aromatic rings. The second kappa shape index (κ2) is 14.1. The lowest BCUT2D eigenvalue weighted by molar-refractivity contribution is -0.193. The van der Waals surface area contributed by atoms with E-state index in [9.17, 15) is 39.6 Å². The highest BCUT2D eigenvalue weighted by Crippen LogP contribution is 2.36. The Morgan fingerprint density at radius 1 is 1.00 bits per heavy atom. The molecule has 0 spiro atoms. The average Bonchev–Trinajstić information content (AvgIpc) is 3.50. The molecule has 3 aromatic heterocycles. The van der Waals surface area contributed by atoms with Crippen LogP contribution in [-0.2, 0) is 24.4 Å². The zero-order chi connectivity index (χ0) is 33.6. The number of anilines is 2. The molecule has 0 aliphatic carbocycles. The summed E-state index contributed by atoms with van der Waals surface area (Å²) in [5.74, 6) is -5.75.